The molecule has 172 valence electrons. The lowest BCUT2D eigenvalue weighted by Gasteiger charge is -2.24. The average molecular weight is 444 g/mol. The fraction of sp³-hybridized carbons (Fsp3) is 0.417. The highest BCUT2D eigenvalue weighted by atomic mass is 16.6. The predicted octanol–water partition coefficient (Wildman–Crippen LogP) is 2.76. The molecule has 0 atom stereocenters. The summed E-state index contributed by atoms with van der Waals surface area (Å²) in [5.41, 5.74) is -2.76. The molecular formula is C24H28O8. The minimum absolute atomic E-state index is 0.0112. The molecule has 0 spiro atoms. The van der Waals surface area contributed by atoms with Crippen LogP contribution in [-0.4, -0.2) is 50.3 Å². The van der Waals surface area contributed by atoms with Crippen LogP contribution < -0.4 is 0 Å². The van der Waals surface area contributed by atoms with Crippen molar-refractivity contribution in [2.75, 3.05) is 26.4 Å². The number of rotatable bonds is 12. The van der Waals surface area contributed by atoms with Crippen molar-refractivity contribution in [2.45, 2.75) is 25.7 Å². The lowest BCUT2D eigenvalue weighted by atomic mass is 9.85. The van der Waals surface area contributed by atoms with Crippen molar-refractivity contribution in [3.63, 3.8) is 0 Å². The molecule has 0 fully saturated rings. The maximum atomic E-state index is 12.5. The number of carbonyl (C=O) groups is 4. The molecule has 0 unspecified atom stereocenters. The summed E-state index contributed by atoms with van der Waals surface area (Å²) in [6.45, 7) is 6.77. The number of hydrogen-bond donors (Lipinski definition) is 0. The normalized spacial score (nSPS) is 17.6. The molecule has 2 aliphatic carbocycles. The van der Waals surface area contributed by atoms with Gasteiger partial charge in [0.2, 0.25) is 0 Å². The summed E-state index contributed by atoms with van der Waals surface area (Å²) >= 11 is 0. The van der Waals surface area contributed by atoms with Crippen LogP contribution in [0, 0.1) is 10.8 Å². The van der Waals surface area contributed by atoms with E-state index in [0.29, 0.717) is 0 Å². The summed E-state index contributed by atoms with van der Waals surface area (Å²) in [5, 5.41) is 0. The molecule has 8 nitrogen and oxygen atoms in total. The summed E-state index contributed by atoms with van der Waals surface area (Å²) < 4.78 is 20.5. The molecule has 32 heavy (non-hydrogen) atoms. The first-order valence-corrected chi connectivity index (χ1v) is 10.3. The van der Waals surface area contributed by atoms with Crippen LogP contribution in [0.4, 0.5) is 0 Å². The second kappa shape index (κ2) is 11.8. The lowest BCUT2D eigenvalue weighted by molar-refractivity contribution is -0.172. The fourth-order valence-electron chi connectivity index (χ4n) is 3.34. The molecule has 2 aliphatic rings. The Balaban J connectivity index is 1.82. The lowest BCUT2D eigenvalue weighted by Crippen LogP contribution is -2.40. The van der Waals surface area contributed by atoms with E-state index in [0.717, 1.165) is 0 Å². The molecular weight excluding hydrogens is 416 g/mol. The highest BCUT2D eigenvalue weighted by Crippen LogP contribution is 2.37. The van der Waals surface area contributed by atoms with E-state index < -0.39 is 34.7 Å². The van der Waals surface area contributed by atoms with Gasteiger partial charge in [-0.1, -0.05) is 49.6 Å². The SMILES string of the molecule is C=CCOC(=O)C1(C(=O)OC/C=C/COC(=O)C2(C(=O)OCC=C)CC=CC2)CC=CC1. The molecule has 0 amide bonds. The van der Waals surface area contributed by atoms with Crippen molar-refractivity contribution in [3.05, 3.63) is 61.8 Å². The quantitative estimate of drug-likeness (QED) is 0.196. The number of hydrogen-bond acceptors (Lipinski definition) is 8. The van der Waals surface area contributed by atoms with Gasteiger partial charge in [0.1, 0.15) is 26.4 Å². The average Bonchev–Trinajstić information content (AvgIpc) is 3.49. The Morgan fingerprint density at radius 2 is 0.875 bits per heavy atom. The number of carbonyl (C=O) groups excluding carboxylic acids is 4. The van der Waals surface area contributed by atoms with E-state index in [1.165, 1.54) is 24.3 Å². The molecule has 2 rings (SSSR count). The third-order valence-electron chi connectivity index (χ3n) is 5.21. The van der Waals surface area contributed by atoms with Crippen LogP contribution in [0.3, 0.4) is 0 Å². The van der Waals surface area contributed by atoms with Gasteiger partial charge in [-0.25, -0.2) is 0 Å². The van der Waals surface area contributed by atoms with E-state index in [-0.39, 0.29) is 52.1 Å². The van der Waals surface area contributed by atoms with Crippen molar-refractivity contribution in [1.82, 2.24) is 0 Å². The van der Waals surface area contributed by atoms with Gasteiger partial charge in [-0.05, 0) is 37.8 Å². The smallest absolute Gasteiger partial charge is 0.324 e. The summed E-state index contributed by atoms with van der Waals surface area (Å²) in [4.78, 5) is 49.7. The summed E-state index contributed by atoms with van der Waals surface area (Å²) in [7, 11) is 0. The number of ether oxygens (including phenoxy) is 4. The molecule has 0 aromatic rings. The van der Waals surface area contributed by atoms with E-state index in [4.69, 9.17) is 18.9 Å². The first-order valence-electron chi connectivity index (χ1n) is 10.3. The van der Waals surface area contributed by atoms with Gasteiger partial charge in [0.15, 0.2) is 10.8 Å². The van der Waals surface area contributed by atoms with Crippen LogP contribution in [0.1, 0.15) is 25.7 Å². The van der Waals surface area contributed by atoms with Crippen molar-refractivity contribution in [1.29, 1.82) is 0 Å². The minimum Gasteiger partial charge on any atom is -0.461 e. The Morgan fingerprint density at radius 1 is 0.594 bits per heavy atom. The molecule has 0 aromatic heterocycles. The van der Waals surface area contributed by atoms with Gasteiger partial charge in [0.05, 0.1) is 0 Å². The maximum Gasteiger partial charge on any atom is 0.324 e. The molecule has 0 saturated heterocycles. The van der Waals surface area contributed by atoms with Gasteiger partial charge in [0.25, 0.3) is 0 Å². The van der Waals surface area contributed by atoms with E-state index in [9.17, 15) is 19.2 Å². The van der Waals surface area contributed by atoms with E-state index in [2.05, 4.69) is 13.2 Å². The molecule has 0 bridgehead atoms. The third-order valence-corrected chi connectivity index (χ3v) is 5.21. The third kappa shape index (κ3) is 5.63. The Bertz CT molecular complexity index is 749. The second-order valence-electron chi connectivity index (χ2n) is 7.37. The van der Waals surface area contributed by atoms with Crippen LogP contribution in [0.15, 0.2) is 61.8 Å². The standard InChI is InChI=1S/C24H28O8/c1-3-15-29-19(25)23(11-5-6-12-23)21(27)31-17-9-10-18-32-22(28)24(13-7-8-14-24)20(26)30-16-4-2/h3-10H,1-2,11-18H2/b10-9+. The molecule has 0 radical (unpaired) electrons. The van der Waals surface area contributed by atoms with Gasteiger partial charge in [-0.15, -0.1) is 0 Å². The van der Waals surface area contributed by atoms with Crippen LogP contribution in [0.2, 0.25) is 0 Å². The predicted molar refractivity (Wildman–Crippen MR) is 115 cm³/mol. The van der Waals surface area contributed by atoms with Crippen molar-refractivity contribution in [2.24, 2.45) is 10.8 Å². The van der Waals surface area contributed by atoms with Gasteiger partial charge in [-0.3, -0.25) is 19.2 Å². The molecule has 8 heteroatoms. The van der Waals surface area contributed by atoms with Gasteiger partial charge in [0, 0.05) is 0 Å². The zero-order valence-corrected chi connectivity index (χ0v) is 18.0. The molecule has 0 heterocycles. The minimum atomic E-state index is -1.38. The number of allylic oxidation sites excluding steroid dienone is 4. The first-order chi connectivity index (χ1) is 15.4. The molecule has 0 aliphatic heterocycles. The van der Waals surface area contributed by atoms with Crippen LogP contribution in [0.5, 0.6) is 0 Å². The van der Waals surface area contributed by atoms with Crippen molar-refractivity contribution < 1.29 is 38.1 Å². The van der Waals surface area contributed by atoms with Gasteiger partial charge in [-0.2, -0.15) is 0 Å². The Morgan fingerprint density at radius 3 is 1.16 bits per heavy atom. The Labute approximate surface area is 187 Å². The van der Waals surface area contributed by atoms with E-state index in [1.54, 1.807) is 24.3 Å². The maximum absolute atomic E-state index is 12.5. The Kier molecular flexibility index (Phi) is 9.19. The van der Waals surface area contributed by atoms with Gasteiger partial charge < -0.3 is 18.9 Å². The number of esters is 4. The monoisotopic (exact) mass is 444 g/mol. The summed E-state index contributed by atoms with van der Waals surface area (Å²) in [6.07, 6.45) is 13.6. The Hall–Kier alpha value is -3.42. The molecule has 0 N–H and O–H groups in total. The second-order valence-corrected chi connectivity index (χ2v) is 7.37. The van der Waals surface area contributed by atoms with E-state index in [1.807, 2.05) is 0 Å². The largest absolute Gasteiger partial charge is 0.461 e. The highest BCUT2D eigenvalue weighted by Gasteiger charge is 2.50. The highest BCUT2D eigenvalue weighted by molar-refractivity contribution is 6.01. The van der Waals surface area contributed by atoms with Crippen molar-refractivity contribution in [3.8, 4) is 0 Å². The zero-order valence-electron chi connectivity index (χ0n) is 18.0. The van der Waals surface area contributed by atoms with E-state index >= 15 is 0 Å². The fourth-order valence-corrected chi connectivity index (χ4v) is 3.34. The van der Waals surface area contributed by atoms with Gasteiger partial charge >= 0.3 is 23.9 Å². The topological polar surface area (TPSA) is 105 Å². The van der Waals surface area contributed by atoms with Crippen molar-refractivity contribution >= 4 is 23.9 Å². The summed E-state index contributed by atoms with van der Waals surface area (Å²) in [6, 6.07) is 0. The molecule has 0 aromatic carbocycles. The first kappa shape index (κ1) is 24.8. The van der Waals surface area contributed by atoms with Crippen LogP contribution >= 0.6 is 0 Å². The summed E-state index contributed by atoms with van der Waals surface area (Å²) in [5.74, 6) is -2.66. The molecule has 0 saturated carbocycles. The zero-order chi connectivity index (χ0) is 23.5. The van der Waals surface area contributed by atoms with Crippen LogP contribution in [-0.2, 0) is 38.1 Å². The van der Waals surface area contributed by atoms with Crippen LogP contribution in [0.25, 0.3) is 0 Å².